The van der Waals surface area contributed by atoms with Gasteiger partial charge in [-0.15, -0.1) is 0 Å². The van der Waals surface area contributed by atoms with Crippen LogP contribution in [-0.2, 0) is 4.74 Å². The van der Waals surface area contributed by atoms with Gasteiger partial charge in [-0.05, 0) is 26.0 Å². The van der Waals surface area contributed by atoms with Gasteiger partial charge in [-0.2, -0.15) is 0 Å². The Bertz CT molecular complexity index is 436. The molecule has 1 aromatic carbocycles. The zero-order valence-electron chi connectivity index (χ0n) is 10.4. The summed E-state index contributed by atoms with van der Waals surface area (Å²) in [7, 11) is 0. The fraction of sp³-hybridized carbons (Fsp3) is 0.462. The maximum absolute atomic E-state index is 11.5. The summed E-state index contributed by atoms with van der Waals surface area (Å²) >= 11 is 5.97. The molecule has 4 nitrogen and oxygen atoms in total. The van der Waals surface area contributed by atoms with Crippen LogP contribution in [0.15, 0.2) is 24.3 Å². The average Bonchev–Trinajstić information content (AvgIpc) is 2.70. The molecule has 0 N–H and O–H groups in total. The number of nitrogens with zero attached hydrogens (tertiary/aromatic N) is 1. The summed E-state index contributed by atoms with van der Waals surface area (Å²) in [6.07, 6.45) is -0.520. The van der Waals surface area contributed by atoms with Gasteiger partial charge < -0.3 is 14.4 Å². The number of rotatable bonds is 4. The summed E-state index contributed by atoms with van der Waals surface area (Å²) in [6, 6.07) is 7.38. The molecule has 0 unspecified atom stereocenters. The Balaban J connectivity index is 1.89. The highest BCUT2D eigenvalue weighted by atomic mass is 35.5. The number of hydrogen-bond donors (Lipinski definition) is 0. The second-order valence-electron chi connectivity index (χ2n) is 4.49. The monoisotopic (exact) mass is 269 g/mol. The number of para-hydroxylation sites is 1. The van der Waals surface area contributed by atoms with Gasteiger partial charge in [0.05, 0.1) is 11.6 Å². The largest absolute Gasteiger partial charge is 0.488 e. The third kappa shape index (κ3) is 2.88. The van der Waals surface area contributed by atoms with E-state index in [9.17, 15) is 4.79 Å². The van der Waals surface area contributed by atoms with Crippen molar-refractivity contribution in [3.05, 3.63) is 29.3 Å². The van der Waals surface area contributed by atoms with Crippen molar-refractivity contribution in [2.75, 3.05) is 13.2 Å². The zero-order chi connectivity index (χ0) is 13.1. The summed E-state index contributed by atoms with van der Waals surface area (Å²) in [5.74, 6) is 0.609. The van der Waals surface area contributed by atoms with E-state index in [1.807, 2.05) is 26.0 Å². The molecule has 1 fully saturated rings. The van der Waals surface area contributed by atoms with E-state index in [0.29, 0.717) is 23.9 Å². The molecule has 0 aromatic heterocycles. The van der Waals surface area contributed by atoms with E-state index < -0.39 is 0 Å². The Morgan fingerprint density at radius 3 is 2.83 bits per heavy atom. The Morgan fingerprint density at radius 1 is 1.50 bits per heavy atom. The minimum atomic E-state index is -0.280. The predicted octanol–water partition coefficient (Wildman–Crippen LogP) is 2.95. The molecule has 0 spiro atoms. The first-order valence-electron chi connectivity index (χ1n) is 5.92. The maximum atomic E-state index is 11.5. The molecule has 0 radical (unpaired) electrons. The molecular weight excluding hydrogens is 254 g/mol. The van der Waals surface area contributed by atoms with Crippen LogP contribution in [0, 0.1) is 0 Å². The Kier molecular flexibility index (Phi) is 3.97. The lowest BCUT2D eigenvalue weighted by atomic mass is 10.3. The van der Waals surface area contributed by atoms with Crippen molar-refractivity contribution in [2.45, 2.75) is 26.0 Å². The number of carbonyl (C=O) groups excluding carboxylic acids is 1. The molecule has 2 rings (SSSR count). The van der Waals surface area contributed by atoms with Gasteiger partial charge >= 0.3 is 6.09 Å². The second kappa shape index (κ2) is 5.48. The fourth-order valence-electron chi connectivity index (χ4n) is 1.79. The number of carbonyl (C=O) groups is 1. The summed E-state index contributed by atoms with van der Waals surface area (Å²) in [5.41, 5.74) is 0. The molecule has 0 bridgehead atoms. The van der Waals surface area contributed by atoms with Crippen LogP contribution in [-0.4, -0.2) is 36.3 Å². The average molecular weight is 270 g/mol. The lowest BCUT2D eigenvalue weighted by Gasteiger charge is -2.17. The molecule has 0 saturated carbocycles. The number of ether oxygens (including phenoxy) is 2. The van der Waals surface area contributed by atoms with Crippen LogP contribution < -0.4 is 4.74 Å². The molecule has 1 aliphatic heterocycles. The third-order valence-corrected chi connectivity index (χ3v) is 3.10. The Morgan fingerprint density at radius 2 is 2.22 bits per heavy atom. The predicted molar refractivity (Wildman–Crippen MR) is 69.1 cm³/mol. The van der Waals surface area contributed by atoms with E-state index in [1.54, 1.807) is 17.0 Å². The normalized spacial score (nSPS) is 19.2. The van der Waals surface area contributed by atoms with Crippen LogP contribution in [0.25, 0.3) is 0 Å². The van der Waals surface area contributed by atoms with Crippen molar-refractivity contribution in [1.29, 1.82) is 0 Å². The van der Waals surface area contributed by atoms with Gasteiger partial charge in [-0.3, -0.25) is 0 Å². The third-order valence-electron chi connectivity index (χ3n) is 2.79. The van der Waals surface area contributed by atoms with E-state index in [0.717, 1.165) is 0 Å². The van der Waals surface area contributed by atoms with Crippen LogP contribution >= 0.6 is 11.6 Å². The number of cyclic esters (lactones) is 1. The van der Waals surface area contributed by atoms with Crippen LogP contribution in [0.3, 0.4) is 0 Å². The van der Waals surface area contributed by atoms with Crippen LogP contribution in [0.4, 0.5) is 4.79 Å². The number of halogens is 1. The second-order valence-corrected chi connectivity index (χ2v) is 4.90. The number of hydrogen-bond acceptors (Lipinski definition) is 3. The van der Waals surface area contributed by atoms with Crippen molar-refractivity contribution in [1.82, 2.24) is 4.90 Å². The van der Waals surface area contributed by atoms with Crippen molar-refractivity contribution in [3.8, 4) is 5.75 Å². The molecule has 18 heavy (non-hydrogen) atoms. The van der Waals surface area contributed by atoms with E-state index in [2.05, 4.69) is 0 Å². The molecule has 5 heteroatoms. The molecular formula is C13H16ClNO3. The lowest BCUT2D eigenvalue weighted by Crippen LogP contribution is -2.32. The number of amides is 1. The van der Waals surface area contributed by atoms with Crippen molar-refractivity contribution in [2.24, 2.45) is 0 Å². The highest BCUT2D eigenvalue weighted by molar-refractivity contribution is 6.32. The van der Waals surface area contributed by atoms with Gasteiger partial charge in [0.1, 0.15) is 12.4 Å². The van der Waals surface area contributed by atoms with Gasteiger partial charge in [-0.25, -0.2) is 4.79 Å². The van der Waals surface area contributed by atoms with E-state index in [4.69, 9.17) is 21.1 Å². The number of benzene rings is 1. The first-order valence-corrected chi connectivity index (χ1v) is 6.30. The molecule has 1 amide bonds. The topological polar surface area (TPSA) is 38.8 Å². The van der Waals surface area contributed by atoms with Gasteiger partial charge in [0, 0.05) is 6.04 Å². The molecule has 1 aromatic rings. The van der Waals surface area contributed by atoms with Crippen molar-refractivity contribution in [3.63, 3.8) is 0 Å². The molecule has 98 valence electrons. The summed E-state index contributed by atoms with van der Waals surface area (Å²) in [4.78, 5) is 13.2. The van der Waals surface area contributed by atoms with Crippen LogP contribution in [0.5, 0.6) is 5.75 Å². The zero-order valence-corrected chi connectivity index (χ0v) is 11.2. The minimum absolute atomic E-state index is 0.141. The van der Waals surface area contributed by atoms with E-state index >= 15 is 0 Å². The van der Waals surface area contributed by atoms with Gasteiger partial charge in [0.2, 0.25) is 0 Å². The van der Waals surface area contributed by atoms with Gasteiger partial charge in [0.25, 0.3) is 0 Å². The first kappa shape index (κ1) is 13.0. The van der Waals surface area contributed by atoms with Crippen molar-refractivity contribution < 1.29 is 14.3 Å². The minimum Gasteiger partial charge on any atom is -0.488 e. The lowest BCUT2D eigenvalue weighted by molar-refractivity contribution is 0.102. The highest BCUT2D eigenvalue weighted by Gasteiger charge is 2.33. The quantitative estimate of drug-likeness (QED) is 0.844. The fourth-order valence-corrected chi connectivity index (χ4v) is 1.98. The SMILES string of the molecule is CC(C)N1C[C@H](COc2ccccc2Cl)OC1=O. The first-order chi connectivity index (χ1) is 8.58. The van der Waals surface area contributed by atoms with Gasteiger partial charge in [0.15, 0.2) is 6.10 Å². The molecule has 1 heterocycles. The van der Waals surface area contributed by atoms with Crippen LogP contribution in [0.2, 0.25) is 5.02 Å². The molecule has 1 aliphatic rings. The smallest absolute Gasteiger partial charge is 0.410 e. The summed E-state index contributed by atoms with van der Waals surface area (Å²) in [6.45, 7) is 4.79. The standard InChI is InChI=1S/C13H16ClNO3/c1-9(2)15-7-10(18-13(15)16)8-17-12-6-4-3-5-11(12)14/h3-6,9-10H,7-8H2,1-2H3/t10-/m1/s1. The Labute approximate surface area is 111 Å². The van der Waals surface area contributed by atoms with Gasteiger partial charge in [-0.1, -0.05) is 23.7 Å². The van der Waals surface area contributed by atoms with E-state index in [-0.39, 0.29) is 18.2 Å². The molecule has 1 saturated heterocycles. The van der Waals surface area contributed by atoms with Crippen molar-refractivity contribution >= 4 is 17.7 Å². The Hall–Kier alpha value is -1.42. The van der Waals surface area contributed by atoms with Crippen LogP contribution in [0.1, 0.15) is 13.8 Å². The maximum Gasteiger partial charge on any atom is 0.410 e. The highest BCUT2D eigenvalue weighted by Crippen LogP contribution is 2.24. The molecule has 1 atom stereocenters. The summed E-state index contributed by atoms with van der Waals surface area (Å²) < 4.78 is 10.8. The summed E-state index contributed by atoms with van der Waals surface area (Å²) in [5, 5.41) is 0.558. The van der Waals surface area contributed by atoms with E-state index in [1.165, 1.54) is 0 Å². The molecule has 0 aliphatic carbocycles.